The van der Waals surface area contributed by atoms with Crippen LogP contribution < -0.4 is 0 Å². The van der Waals surface area contributed by atoms with Crippen LogP contribution in [0.5, 0.6) is 0 Å². The van der Waals surface area contributed by atoms with Crippen molar-refractivity contribution in [2.24, 2.45) is 0 Å². The van der Waals surface area contributed by atoms with Crippen LogP contribution in [-0.2, 0) is 0 Å². The summed E-state index contributed by atoms with van der Waals surface area (Å²) >= 11 is 0. The third-order valence-corrected chi connectivity index (χ3v) is 0.510. The molecule has 0 aromatic rings. The lowest BCUT2D eigenvalue weighted by atomic mass is 9.84. The van der Waals surface area contributed by atoms with Crippen molar-refractivity contribution in [3.05, 3.63) is 12.7 Å². The average Bonchev–Trinajstić information content (AvgIpc) is 1.65. The van der Waals surface area contributed by atoms with Gasteiger partial charge in [-0.25, -0.2) is 4.39 Å². The van der Waals surface area contributed by atoms with Crippen molar-refractivity contribution in [3.8, 4) is 0 Å². The van der Waals surface area contributed by atoms with Crippen molar-refractivity contribution < 1.29 is 14.4 Å². The highest BCUT2D eigenvalue weighted by Crippen LogP contribution is 1.90. The minimum atomic E-state index is -1.92. The van der Waals surface area contributed by atoms with Gasteiger partial charge < -0.3 is 10.0 Å². The average molecular weight is 104 g/mol. The van der Waals surface area contributed by atoms with Crippen LogP contribution in [0.2, 0.25) is 0 Å². The first-order valence-electron chi connectivity index (χ1n) is 1.81. The van der Waals surface area contributed by atoms with Gasteiger partial charge in [0.15, 0.2) is 6.07 Å². The van der Waals surface area contributed by atoms with Crippen LogP contribution in [0.3, 0.4) is 0 Å². The largest absolute Gasteiger partial charge is 0.492 e. The van der Waals surface area contributed by atoms with Gasteiger partial charge >= 0.3 is 7.12 Å². The number of hydrogen-bond donors (Lipinski definition) is 2. The van der Waals surface area contributed by atoms with Gasteiger partial charge in [0.2, 0.25) is 0 Å². The standard InChI is InChI=1S/C3H6BFO2/c1-2-3(5)4(6)7/h2-3,6-7H,1H2. The molecule has 0 saturated heterocycles. The molecule has 0 radical (unpaired) electrons. The summed E-state index contributed by atoms with van der Waals surface area (Å²) < 4.78 is 11.6. The Kier molecular flexibility index (Phi) is 2.63. The second kappa shape index (κ2) is 2.77. The summed E-state index contributed by atoms with van der Waals surface area (Å²) in [4.78, 5) is 0. The maximum absolute atomic E-state index is 11.6. The van der Waals surface area contributed by atoms with Gasteiger partial charge in [-0.2, -0.15) is 0 Å². The Balaban J connectivity index is 3.33. The van der Waals surface area contributed by atoms with Gasteiger partial charge in [-0.05, 0) is 0 Å². The molecule has 2 N–H and O–H groups in total. The summed E-state index contributed by atoms with van der Waals surface area (Å²) in [5.41, 5.74) is 0. The predicted octanol–water partition coefficient (Wildman–Crippen LogP) is -0.478. The molecule has 0 aliphatic carbocycles. The summed E-state index contributed by atoms with van der Waals surface area (Å²) in [5.74, 6) is 0. The lowest BCUT2D eigenvalue weighted by Gasteiger charge is -1.94. The zero-order valence-electron chi connectivity index (χ0n) is 3.71. The molecule has 40 valence electrons. The molecule has 7 heavy (non-hydrogen) atoms. The van der Waals surface area contributed by atoms with Gasteiger partial charge in [0.1, 0.15) is 0 Å². The van der Waals surface area contributed by atoms with Crippen LogP contribution in [0.25, 0.3) is 0 Å². The molecule has 0 saturated carbocycles. The topological polar surface area (TPSA) is 40.5 Å². The van der Waals surface area contributed by atoms with E-state index in [1.165, 1.54) is 0 Å². The maximum Gasteiger partial charge on any atom is 0.492 e. The molecule has 1 atom stereocenters. The van der Waals surface area contributed by atoms with E-state index in [9.17, 15) is 4.39 Å². The highest BCUT2D eigenvalue weighted by molar-refractivity contribution is 6.43. The normalized spacial score (nSPS) is 13.0. The van der Waals surface area contributed by atoms with Crippen LogP contribution in [0.15, 0.2) is 12.7 Å². The number of hydrogen-bond acceptors (Lipinski definition) is 2. The fourth-order valence-electron chi connectivity index (χ4n) is 0.122. The maximum atomic E-state index is 11.6. The minimum absolute atomic E-state index is 0.824. The van der Waals surface area contributed by atoms with E-state index in [-0.39, 0.29) is 0 Å². The zero-order valence-corrected chi connectivity index (χ0v) is 3.71. The fraction of sp³-hybridized carbons (Fsp3) is 0.333. The highest BCUT2D eigenvalue weighted by Gasteiger charge is 2.17. The third kappa shape index (κ3) is 2.36. The van der Waals surface area contributed by atoms with Gasteiger partial charge in [0, 0.05) is 0 Å². The molecule has 0 rings (SSSR count). The van der Waals surface area contributed by atoms with Crippen LogP contribution in [0.4, 0.5) is 4.39 Å². The molecule has 4 heteroatoms. The molecule has 0 aromatic carbocycles. The molecule has 0 fully saturated rings. The molecule has 0 amide bonds. The van der Waals surface area contributed by atoms with Crippen molar-refractivity contribution in [3.63, 3.8) is 0 Å². The molecule has 1 unspecified atom stereocenters. The second-order valence-electron chi connectivity index (χ2n) is 1.09. The SMILES string of the molecule is C=CC(F)B(O)O. The molecule has 0 heterocycles. The van der Waals surface area contributed by atoms with Gasteiger partial charge in [-0.1, -0.05) is 6.08 Å². The summed E-state index contributed by atoms with van der Waals surface area (Å²) in [6, 6.07) is 0. The first kappa shape index (κ1) is 6.65. The smallest absolute Gasteiger partial charge is 0.425 e. The van der Waals surface area contributed by atoms with Crippen molar-refractivity contribution in [2.75, 3.05) is 0 Å². The Hall–Kier alpha value is -0.345. The lowest BCUT2D eigenvalue weighted by molar-refractivity contribution is 0.338. The Morgan fingerprint density at radius 2 is 2.14 bits per heavy atom. The van der Waals surface area contributed by atoms with Crippen molar-refractivity contribution in [1.29, 1.82) is 0 Å². The van der Waals surface area contributed by atoms with Crippen LogP contribution in [-0.4, -0.2) is 23.2 Å². The number of allylic oxidation sites excluding steroid dienone is 1. The van der Waals surface area contributed by atoms with Crippen molar-refractivity contribution in [2.45, 2.75) is 6.07 Å². The summed E-state index contributed by atoms with van der Waals surface area (Å²) in [6.45, 7) is 2.99. The van der Waals surface area contributed by atoms with E-state index in [4.69, 9.17) is 10.0 Å². The fourth-order valence-corrected chi connectivity index (χ4v) is 0.122. The molecule has 2 nitrogen and oxygen atoms in total. The predicted molar refractivity (Wildman–Crippen MR) is 25.3 cm³/mol. The minimum Gasteiger partial charge on any atom is -0.425 e. The Labute approximate surface area is 41.4 Å². The van der Waals surface area contributed by atoms with Gasteiger partial charge in [0.05, 0.1) is 0 Å². The molecule has 0 aromatic heterocycles. The van der Waals surface area contributed by atoms with Gasteiger partial charge in [0.25, 0.3) is 0 Å². The Bertz CT molecular complexity index is 66.0. The van der Waals surface area contributed by atoms with E-state index < -0.39 is 13.2 Å². The third-order valence-electron chi connectivity index (χ3n) is 0.510. The number of halogens is 1. The summed E-state index contributed by atoms with van der Waals surface area (Å²) in [6.07, 6.45) is -0.898. The Morgan fingerprint density at radius 3 is 2.14 bits per heavy atom. The molecule has 0 aliphatic rings. The molecule has 0 spiro atoms. The van der Waals surface area contributed by atoms with E-state index in [1.807, 2.05) is 0 Å². The van der Waals surface area contributed by atoms with E-state index in [1.54, 1.807) is 0 Å². The van der Waals surface area contributed by atoms with Gasteiger partial charge in [-0.3, -0.25) is 0 Å². The van der Waals surface area contributed by atoms with E-state index >= 15 is 0 Å². The molecule has 0 aliphatic heterocycles. The molecular formula is C3H6BFO2. The van der Waals surface area contributed by atoms with Crippen LogP contribution >= 0.6 is 0 Å². The lowest BCUT2D eigenvalue weighted by Crippen LogP contribution is -2.24. The second-order valence-corrected chi connectivity index (χ2v) is 1.09. The Morgan fingerprint density at radius 1 is 1.71 bits per heavy atom. The first-order valence-corrected chi connectivity index (χ1v) is 1.81. The van der Waals surface area contributed by atoms with Crippen LogP contribution in [0.1, 0.15) is 0 Å². The highest BCUT2D eigenvalue weighted by atomic mass is 19.1. The number of alkyl halides is 1. The zero-order chi connectivity index (χ0) is 5.86. The summed E-state index contributed by atoms with van der Waals surface area (Å²) in [5, 5.41) is 15.9. The first-order chi connectivity index (χ1) is 3.18. The molecule has 0 bridgehead atoms. The monoisotopic (exact) mass is 104 g/mol. The van der Waals surface area contributed by atoms with Crippen molar-refractivity contribution in [1.82, 2.24) is 0 Å². The van der Waals surface area contributed by atoms with Gasteiger partial charge in [-0.15, -0.1) is 6.58 Å². The van der Waals surface area contributed by atoms with E-state index in [2.05, 4.69) is 6.58 Å². The number of rotatable bonds is 2. The van der Waals surface area contributed by atoms with Crippen LogP contribution in [0, 0.1) is 0 Å². The summed E-state index contributed by atoms with van der Waals surface area (Å²) in [7, 11) is -1.92. The molecular weight excluding hydrogens is 97.8 g/mol. The van der Waals surface area contributed by atoms with Crippen molar-refractivity contribution >= 4 is 7.12 Å². The quantitative estimate of drug-likeness (QED) is 0.367. The van der Waals surface area contributed by atoms with E-state index in [0.717, 1.165) is 6.08 Å². The van der Waals surface area contributed by atoms with E-state index in [0.29, 0.717) is 0 Å².